The Hall–Kier alpha value is -0.550. The highest BCUT2D eigenvalue weighted by Gasteiger charge is 2.37. The van der Waals surface area contributed by atoms with Crippen molar-refractivity contribution in [1.29, 1.82) is 0 Å². The minimum atomic E-state index is -3.62. The van der Waals surface area contributed by atoms with Gasteiger partial charge >= 0.3 is 7.82 Å². The standard InChI is InChI=1S/C27H55N2O4P/c1-5-9-13-14-15-16-17-18-19-20-22-29-24-23-28(21-10-6-2)27(29)33-34(30,31-25-11-7-3)32-26-12-8-4/h23-24,27H,5-22,25-26H2,1-4H3. The number of nitrogens with zero attached hydrogens (tertiary/aromatic N) is 2. The monoisotopic (exact) mass is 502 g/mol. The van der Waals surface area contributed by atoms with Crippen LogP contribution < -0.4 is 0 Å². The van der Waals surface area contributed by atoms with Crippen molar-refractivity contribution in [3.63, 3.8) is 0 Å². The number of rotatable bonds is 24. The third-order valence-corrected chi connectivity index (χ3v) is 7.72. The van der Waals surface area contributed by atoms with Crippen molar-refractivity contribution in [3.05, 3.63) is 12.4 Å². The first-order chi connectivity index (χ1) is 16.6. The van der Waals surface area contributed by atoms with Crippen LogP contribution in [-0.4, -0.2) is 42.5 Å². The fraction of sp³-hybridized carbons (Fsp3) is 0.926. The fourth-order valence-electron chi connectivity index (χ4n) is 3.98. The largest absolute Gasteiger partial charge is 0.478 e. The molecule has 0 radical (unpaired) electrons. The summed E-state index contributed by atoms with van der Waals surface area (Å²) in [4.78, 5) is 4.30. The Morgan fingerprint density at radius 2 is 1.00 bits per heavy atom. The molecule has 1 aliphatic heterocycles. The van der Waals surface area contributed by atoms with Crippen LogP contribution in [0.2, 0.25) is 0 Å². The Kier molecular flexibility index (Phi) is 19.1. The number of unbranched alkanes of at least 4 members (excludes halogenated alkanes) is 12. The molecule has 1 atom stereocenters. The first-order valence-corrected chi connectivity index (χ1v) is 15.8. The third-order valence-electron chi connectivity index (χ3n) is 6.27. The van der Waals surface area contributed by atoms with Crippen molar-refractivity contribution in [2.75, 3.05) is 26.3 Å². The Balaban J connectivity index is 2.55. The molecule has 0 saturated carbocycles. The first kappa shape index (κ1) is 31.5. The van der Waals surface area contributed by atoms with E-state index in [0.717, 1.165) is 58.0 Å². The molecule has 0 saturated heterocycles. The van der Waals surface area contributed by atoms with E-state index in [1.54, 1.807) is 0 Å². The summed E-state index contributed by atoms with van der Waals surface area (Å²) in [5, 5.41) is 0. The molecule has 1 aliphatic rings. The van der Waals surface area contributed by atoms with Crippen molar-refractivity contribution in [1.82, 2.24) is 9.80 Å². The van der Waals surface area contributed by atoms with Gasteiger partial charge in [-0.2, -0.15) is 0 Å². The van der Waals surface area contributed by atoms with Gasteiger partial charge in [-0.25, -0.2) is 9.09 Å². The molecule has 1 rings (SSSR count). The topological polar surface area (TPSA) is 51.2 Å². The van der Waals surface area contributed by atoms with Gasteiger partial charge in [-0.3, -0.25) is 9.05 Å². The lowest BCUT2D eigenvalue weighted by molar-refractivity contribution is -0.0558. The summed E-state index contributed by atoms with van der Waals surface area (Å²) in [6.07, 6.45) is 22.7. The summed E-state index contributed by atoms with van der Waals surface area (Å²) in [6, 6.07) is 0. The van der Waals surface area contributed by atoms with E-state index in [4.69, 9.17) is 13.6 Å². The van der Waals surface area contributed by atoms with Gasteiger partial charge < -0.3 is 9.80 Å². The molecule has 0 aromatic heterocycles. The lowest BCUT2D eigenvalue weighted by Crippen LogP contribution is -2.41. The van der Waals surface area contributed by atoms with Crippen molar-refractivity contribution in [2.24, 2.45) is 0 Å². The van der Waals surface area contributed by atoms with Gasteiger partial charge in [0.15, 0.2) is 0 Å². The summed E-state index contributed by atoms with van der Waals surface area (Å²) in [5.41, 5.74) is 0. The molecule has 0 fully saturated rings. The zero-order valence-corrected chi connectivity index (χ0v) is 23.7. The molecule has 0 spiro atoms. The Labute approximate surface area is 211 Å². The highest BCUT2D eigenvalue weighted by molar-refractivity contribution is 7.48. The van der Waals surface area contributed by atoms with Crippen molar-refractivity contribution in [3.8, 4) is 0 Å². The van der Waals surface area contributed by atoms with Crippen LogP contribution >= 0.6 is 7.82 Å². The Morgan fingerprint density at radius 1 is 0.588 bits per heavy atom. The van der Waals surface area contributed by atoms with Crippen LogP contribution in [0.1, 0.15) is 130 Å². The van der Waals surface area contributed by atoms with E-state index < -0.39 is 14.2 Å². The van der Waals surface area contributed by atoms with Gasteiger partial charge in [-0.1, -0.05) is 105 Å². The van der Waals surface area contributed by atoms with Gasteiger partial charge in [0, 0.05) is 25.5 Å². The number of phosphoric ester groups is 1. The first-order valence-electron chi connectivity index (χ1n) is 14.4. The zero-order chi connectivity index (χ0) is 24.9. The number of hydrogen-bond acceptors (Lipinski definition) is 6. The fourth-order valence-corrected chi connectivity index (χ4v) is 5.35. The number of phosphoric acid groups is 1. The van der Waals surface area contributed by atoms with Gasteiger partial charge in [-0.05, 0) is 25.7 Å². The molecule has 1 heterocycles. The molecule has 0 amide bonds. The van der Waals surface area contributed by atoms with Crippen molar-refractivity contribution in [2.45, 2.75) is 137 Å². The molecular weight excluding hydrogens is 447 g/mol. The number of hydrogen-bond donors (Lipinski definition) is 0. The average molecular weight is 503 g/mol. The van der Waals surface area contributed by atoms with E-state index in [2.05, 4.69) is 49.9 Å². The van der Waals surface area contributed by atoms with E-state index >= 15 is 0 Å². The molecule has 6 nitrogen and oxygen atoms in total. The van der Waals surface area contributed by atoms with Crippen LogP contribution in [0.25, 0.3) is 0 Å². The highest BCUT2D eigenvalue weighted by Crippen LogP contribution is 2.52. The molecule has 0 aromatic carbocycles. The summed E-state index contributed by atoms with van der Waals surface area (Å²) in [7, 11) is -3.62. The van der Waals surface area contributed by atoms with E-state index in [-0.39, 0.29) is 0 Å². The maximum atomic E-state index is 13.5. The summed E-state index contributed by atoms with van der Waals surface area (Å²) >= 11 is 0. The Morgan fingerprint density at radius 3 is 1.47 bits per heavy atom. The zero-order valence-electron chi connectivity index (χ0n) is 22.8. The Bertz CT molecular complexity index is 533. The minimum absolute atomic E-state index is 0.396. The second-order valence-electron chi connectivity index (χ2n) is 9.56. The predicted molar refractivity (Wildman–Crippen MR) is 144 cm³/mol. The van der Waals surface area contributed by atoms with Gasteiger partial charge in [0.1, 0.15) is 0 Å². The highest BCUT2D eigenvalue weighted by atomic mass is 31.2. The lowest BCUT2D eigenvalue weighted by Gasteiger charge is -2.34. The van der Waals surface area contributed by atoms with E-state index in [9.17, 15) is 4.57 Å². The second kappa shape index (κ2) is 20.6. The molecule has 7 heteroatoms. The molecule has 0 aliphatic carbocycles. The molecule has 0 N–H and O–H groups in total. The van der Waals surface area contributed by atoms with Gasteiger partial charge in [-0.15, -0.1) is 0 Å². The summed E-state index contributed by atoms with van der Waals surface area (Å²) in [5.74, 6) is 0. The third kappa shape index (κ3) is 14.1. The predicted octanol–water partition coefficient (Wildman–Crippen LogP) is 8.84. The van der Waals surface area contributed by atoms with E-state index in [0.29, 0.717) is 13.2 Å². The SMILES string of the molecule is CCCCCCCCCCCCN1C=CN(CCCC)C1OP(=O)(OCCCC)OCCCC. The normalized spacial score (nSPS) is 16.2. The molecule has 0 bridgehead atoms. The molecule has 34 heavy (non-hydrogen) atoms. The van der Waals surface area contributed by atoms with Crippen LogP contribution in [0, 0.1) is 0 Å². The quantitative estimate of drug-likeness (QED) is 0.0970. The van der Waals surface area contributed by atoms with Crippen LogP contribution in [0.4, 0.5) is 0 Å². The maximum absolute atomic E-state index is 13.5. The van der Waals surface area contributed by atoms with Crippen molar-refractivity contribution >= 4 is 7.82 Å². The lowest BCUT2D eigenvalue weighted by atomic mass is 10.1. The van der Waals surface area contributed by atoms with E-state index in [1.165, 1.54) is 57.8 Å². The van der Waals surface area contributed by atoms with Gasteiger partial charge in [0.2, 0.25) is 6.35 Å². The van der Waals surface area contributed by atoms with Crippen LogP contribution in [-0.2, 0) is 18.1 Å². The average Bonchev–Trinajstić information content (AvgIpc) is 3.20. The second-order valence-corrected chi connectivity index (χ2v) is 11.2. The smallest absolute Gasteiger partial charge is 0.334 e. The molecule has 202 valence electrons. The maximum Gasteiger partial charge on any atom is 0.478 e. The minimum Gasteiger partial charge on any atom is -0.334 e. The van der Waals surface area contributed by atoms with E-state index in [1.807, 2.05) is 0 Å². The van der Waals surface area contributed by atoms with Crippen molar-refractivity contribution < 1.29 is 18.1 Å². The van der Waals surface area contributed by atoms with Crippen LogP contribution in [0.15, 0.2) is 12.4 Å². The van der Waals surface area contributed by atoms with Gasteiger partial charge in [0.25, 0.3) is 0 Å². The summed E-state index contributed by atoms with van der Waals surface area (Å²) in [6.45, 7) is 11.2. The summed E-state index contributed by atoms with van der Waals surface area (Å²) < 4.78 is 31.1. The van der Waals surface area contributed by atoms with Crippen LogP contribution in [0.3, 0.4) is 0 Å². The molecule has 0 aromatic rings. The van der Waals surface area contributed by atoms with Crippen LogP contribution in [0.5, 0.6) is 0 Å². The van der Waals surface area contributed by atoms with Gasteiger partial charge in [0.05, 0.1) is 13.2 Å². The molecule has 1 unspecified atom stereocenters. The molecular formula is C27H55N2O4P.